The number of nitriles is 1. The zero-order valence-electron chi connectivity index (χ0n) is 16.7. The van der Waals surface area contributed by atoms with Crippen molar-refractivity contribution in [3.05, 3.63) is 74.8 Å². The van der Waals surface area contributed by atoms with Crippen LogP contribution in [0.5, 0.6) is 5.75 Å². The molecule has 3 heterocycles. The van der Waals surface area contributed by atoms with E-state index >= 15 is 0 Å². The Kier molecular flexibility index (Phi) is 5.57. The molecule has 1 fully saturated rings. The van der Waals surface area contributed by atoms with Crippen molar-refractivity contribution in [3.63, 3.8) is 0 Å². The smallest absolute Gasteiger partial charge is 0.258 e. The van der Waals surface area contributed by atoms with Crippen molar-refractivity contribution >= 4 is 0 Å². The van der Waals surface area contributed by atoms with Gasteiger partial charge in [-0.1, -0.05) is 12.1 Å². The highest BCUT2D eigenvalue weighted by Crippen LogP contribution is 2.40. The van der Waals surface area contributed by atoms with Gasteiger partial charge in [-0.05, 0) is 24.6 Å². The average molecular weight is 410 g/mol. The molecule has 1 aromatic carbocycles. The number of aryl methyl sites for hydroxylation is 1. The summed E-state index contributed by atoms with van der Waals surface area (Å²) < 4.78 is 26.6. The lowest BCUT2D eigenvalue weighted by Gasteiger charge is -2.29. The second kappa shape index (κ2) is 8.30. The third-order valence-electron chi connectivity index (χ3n) is 5.62. The molecule has 0 aliphatic carbocycles. The average Bonchev–Trinajstić information content (AvgIpc) is 2.73. The molecule has 1 saturated heterocycles. The maximum Gasteiger partial charge on any atom is 0.258 e. The van der Waals surface area contributed by atoms with Crippen molar-refractivity contribution in [1.29, 1.82) is 5.26 Å². The second-order valence-electron chi connectivity index (χ2n) is 7.45. The summed E-state index contributed by atoms with van der Waals surface area (Å²) in [6.07, 6.45) is 0. The molecule has 7 nitrogen and oxygen atoms in total. The zero-order valence-corrected chi connectivity index (χ0v) is 16.7. The molecule has 0 saturated carbocycles. The number of nitrogens with two attached hydrogens (primary N) is 1. The van der Waals surface area contributed by atoms with Gasteiger partial charge in [0.2, 0.25) is 5.88 Å². The molecule has 2 N–H and O–H groups in total. The van der Waals surface area contributed by atoms with Crippen LogP contribution in [0.15, 0.2) is 46.6 Å². The Morgan fingerprint density at radius 2 is 2.03 bits per heavy atom. The van der Waals surface area contributed by atoms with Crippen molar-refractivity contribution in [2.24, 2.45) is 5.73 Å². The van der Waals surface area contributed by atoms with Crippen LogP contribution in [-0.4, -0.2) is 42.3 Å². The number of rotatable bonds is 4. The predicted octanol–water partition coefficient (Wildman–Crippen LogP) is 1.85. The lowest BCUT2D eigenvalue weighted by molar-refractivity contribution is 0.0362. The van der Waals surface area contributed by atoms with Gasteiger partial charge in [-0.3, -0.25) is 9.69 Å². The zero-order chi connectivity index (χ0) is 21.3. The van der Waals surface area contributed by atoms with Gasteiger partial charge in [-0.25, -0.2) is 4.39 Å². The number of hydrogen-bond donors (Lipinski definition) is 1. The molecule has 1 atom stereocenters. The van der Waals surface area contributed by atoms with Gasteiger partial charge in [0, 0.05) is 37.9 Å². The Morgan fingerprint density at radius 3 is 2.73 bits per heavy atom. The number of allylic oxidation sites excluding steroid dienone is 1. The molecular weight excluding hydrogens is 387 g/mol. The van der Waals surface area contributed by atoms with E-state index in [4.69, 9.17) is 15.2 Å². The topological polar surface area (TPSA) is 93.5 Å². The van der Waals surface area contributed by atoms with Crippen molar-refractivity contribution < 1.29 is 13.9 Å². The SMILES string of the molecule is Cc1cc2c(c(=O)n1CCN1CCOCC1)[C@H](c1cccc(F)c1)C(C#N)=C(N)O2. The maximum absolute atomic E-state index is 13.9. The number of pyridine rings is 1. The summed E-state index contributed by atoms with van der Waals surface area (Å²) in [5.41, 5.74) is 7.35. The van der Waals surface area contributed by atoms with Crippen LogP contribution >= 0.6 is 0 Å². The van der Waals surface area contributed by atoms with E-state index in [0.717, 1.165) is 18.8 Å². The van der Waals surface area contributed by atoms with Crippen molar-refractivity contribution in [2.45, 2.75) is 19.4 Å². The van der Waals surface area contributed by atoms with Gasteiger partial charge in [-0.2, -0.15) is 5.26 Å². The maximum atomic E-state index is 13.9. The van der Waals surface area contributed by atoms with E-state index in [1.54, 1.807) is 22.8 Å². The van der Waals surface area contributed by atoms with Gasteiger partial charge in [0.1, 0.15) is 23.2 Å². The van der Waals surface area contributed by atoms with Gasteiger partial charge in [0.05, 0.1) is 24.7 Å². The largest absolute Gasteiger partial charge is 0.440 e. The van der Waals surface area contributed by atoms with Gasteiger partial charge in [-0.15, -0.1) is 0 Å². The fourth-order valence-corrected chi connectivity index (χ4v) is 4.05. The Balaban J connectivity index is 1.78. The molecule has 0 unspecified atom stereocenters. The monoisotopic (exact) mass is 410 g/mol. The minimum absolute atomic E-state index is 0.0656. The van der Waals surface area contributed by atoms with Crippen molar-refractivity contribution in [3.8, 4) is 11.8 Å². The molecule has 156 valence electrons. The lowest BCUT2D eigenvalue weighted by atomic mass is 9.84. The third-order valence-corrected chi connectivity index (χ3v) is 5.62. The molecule has 2 aliphatic heterocycles. The number of benzene rings is 1. The number of ether oxygens (including phenoxy) is 2. The highest BCUT2D eigenvalue weighted by atomic mass is 19.1. The molecule has 1 aromatic heterocycles. The molecule has 0 spiro atoms. The van der Waals surface area contributed by atoms with Gasteiger partial charge in [0.25, 0.3) is 5.56 Å². The Bertz CT molecular complexity index is 1100. The van der Waals surface area contributed by atoms with Crippen LogP contribution in [0.2, 0.25) is 0 Å². The van der Waals surface area contributed by atoms with E-state index in [0.29, 0.717) is 43.2 Å². The number of morpholine rings is 1. The van der Waals surface area contributed by atoms with E-state index in [9.17, 15) is 14.4 Å². The molecule has 8 heteroatoms. The van der Waals surface area contributed by atoms with Crippen molar-refractivity contribution in [2.75, 3.05) is 32.8 Å². The molecule has 2 aromatic rings. The summed E-state index contributed by atoms with van der Waals surface area (Å²) in [6.45, 7) is 6.05. The molecule has 0 radical (unpaired) electrons. The van der Waals surface area contributed by atoms with Crippen LogP contribution in [0.1, 0.15) is 22.7 Å². The molecule has 0 bridgehead atoms. The molecule has 2 aliphatic rings. The second-order valence-corrected chi connectivity index (χ2v) is 7.45. The third kappa shape index (κ3) is 3.70. The number of hydrogen-bond acceptors (Lipinski definition) is 6. The first-order valence-corrected chi connectivity index (χ1v) is 9.87. The summed E-state index contributed by atoms with van der Waals surface area (Å²) in [7, 11) is 0. The summed E-state index contributed by atoms with van der Waals surface area (Å²) >= 11 is 0. The molecule has 30 heavy (non-hydrogen) atoms. The highest BCUT2D eigenvalue weighted by molar-refractivity contribution is 5.55. The van der Waals surface area contributed by atoms with Gasteiger partial charge < -0.3 is 19.8 Å². The quantitative estimate of drug-likeness (QED) is 0.827. The van der Waals surface area contributed by atoms with Crippen LogP contribution in [0, 0.1) is 24.1 Å². The minimum Gasteiger partial charge on any atom is -0.440 e. The molecular formula is C22H23FN4O3. The van der Waals surface area contributed by atoms with Crippen molar-refractivity contribution in [1.82, 2.24) is 9.47 Å². The summed E-state index contributed by atoms with van der Waals surface area (Å²) in [6, 6.07) is 9.67. The number of halogens is 1. The number of fused-ring (bicyclic) bond motifs is 1. The minimum atomic E-state index is -0.780. The Hall–Kier alpha value is -3.15. The lowest BCUT2D eigenvalue weighted by Crippen LogP contribution is -2.40. The first kappa shape index (κ1) is 20.1. The van der Waals surface area contributed by atoms with Crippen LogP contribution in [0.3, 0.4) is 0 Å². The van der Waals surface area contributed by atoms with Crippen LogP contribution in [-0.2, 0) is 11.3 Å². The highest BCUT2D eigenvalue weighted by Gasteiger charge is 2.34. The van der Waals surface area contributed by atoms with E-state index < -0.39 is 11.7 Å². The first-order valence-electron chi connectivity index (χ1n) is 9.87. The Morgan fingerprint density at radius 1 is 1.27 bits per heavy atom. The first-order chi connectivity index (χ1) is 14.5. The van der Waals surface area contributed by atoms with Crippen LogP contribution in [0.25, 0.3) is 0 Å². The van der Waals surface area contributed by atoms with E-state index in [2.05, 4.69) is 4.90 Å². The van der Waals surface area contributed by atoms with Crippen LogP contribution in [0.4, 0.5) is 4.39 Å². The van der Waals surface area contributed by atoms with Gasteiger partial charge in [0.15, 0.2) is 0 Å². The Labute approximate surface area is 173 Å². The fraction of sp³-hybridized carbons (Fsp3) is 0.364. The van der Waals surface area contributed by atoms with Gasteiger partial charge >= 0.3 is 0 Å². The summed E-state index contributed by atoms with van der Waals surface area (Å²) in [5.74, 6) is -0.983. The van der Waals surface area contributed by atoms with E-state index in [1.165, 1.54) is 12.1 Å². The predicted molar refractivity (Wildman–Crippen MR) is 108 cm³/mol. The normalized spacial score (nSPS) is 19.2. The standard InChI is InChI=1S/C22H23FN4O3/c1-14-11-18-20(22(28)27(14)6-5-26-7-9-29-10-8-26)19(17(13-24)21(25)30-18)15-3-2-4-16(23)12-15/h2-4,11-12,19H,5-10,25H2,1H3/t19-/m1/s1. The summed E-state index contributed by atoms with van der Waals surface area (Å²) in [4.78, 5) is 15.8. The molecule has 4 rings (SSSR count). The molecule has 0 amide bonds. The van der Waals surface area contributed by atoms with E-state index in [1.807, 2.05) is 13.0 Å². The fourth-order valence-electron chi connectivity index (χ4n) is 4.05. The number of aromatic nitrogens is 1. The summed E-state index contributed by atoms with van der Waals surface area (Å²) in [5, 5.41) is 9.69. The van der Waals surface area contributed by atoms with E-state index in [-0.39, 0.29) is 17.0 Å². The van der Waals surface area contributed by atoms with Crippen LogP contribution < -0.4 is 16.0 Å². The number of nitrogens with zero attached hydrogens (tertiary/aromatic N) is 3.